The second-order valence-corrected chi connectivity index (χ2v) is 4.76. The maximum atomic E-state index is 5.85. The molecule has 0 saturated heterocycles. The zero-order chi connectivity index (χ0) is 13.5. The number of hydrogen-bond acceptors (Lipinski definition) is 2. The first-order chi connectivity index (χ1) is 9.27. The van der Waals surface area contributed by atoms with Crippen molar-refractivity contribution < 1.29 is 4.74 Å². The van der Waals surface area contributed by atoms with Gasteiger partial charge >= 0.3 is 0 Å². The highest BCUT2D eigenvalue weighted by molar-refractivity contribution is 5.53. The Bertz CT molecular complexity index is 508. The molecule has 0 saturated carbocycles. The van der Waals surface area contributed by atoms with Crippen LogP contribution in [0.4, 0.5) is 5.69 Å². The summed E-state index contributed by atoms with van der Waals surface area (Å²) in [6, 6.07) is 16.4. The van der Waals surface area contributed by atoms with Crippen molar-refractivity contribution in [2.75, 3.05) is 12.3 Å². The van der Waals surface area contributed by atoms with Crippen molar-refractivity contribution in [2.45, 2.75) is 26.2 Å². The fourth-order valence-corrected chi connectivity index (χ4v) is 2.05. The minimum Gasteiger partial charge on any atom is -0.493 e. The van der Waals surface area contributed by atoms with Crippen molar-refractivity contribution in [1.29, 1.82) is 0 Å². The summed E-state index contributed by atoms with van der Waals surface area (Å²) < 4.78 is 5.78. The van der Waals surface area contributed by atoms with E-state index in [0.717, 1.165) is 42.9 Å². The molecule has 19 heavy (non-hydrogen) atoms. The monoisotopic (exact) mass is 255 g/mol. The van der Waals surface area contributed by atoms with E-state index in [9.17, 15) is 0 Å². The van der Waals surface area contributed by atoms with Crippen molar-refractivity contribution in [3.05, 3.63) is 59.7 Å². The Morgan fingerprint density at radius 3 is 2.53 bits per heavy atom. The fourth-order valence-electron chi connectivity index (χ4n) is 2.05. The van der Waals surface area contributed by atoms with E-state index in [4.69, 9.17) is 10.5 Å². The number of anilines is 1. The SMILES string of the molecule is Cc1c(N)cccc1OCCCCc1ccccc1. The van der Waals surface area contributed by atoms with E-state index in [-0.39, 0.29) is 0 Å². The zero-order valence-electron chi connectivity index (χ0n) is 11.4. The van der Waals surface area contributed by atoms with E-state index >= 15 is 0 Å². The number of benzene rings is 2. The van der Waals surface area contributed by atoms with Crippen LogP contribution < -0.4 is 10.5 Å². The number of nitrogen functional groups attached to an aromatic ring is 1. The molecule has 0 spiro atoms. The quantitative estimate of drug-likeness (QED) is 0.626. The summed E-state index contributed by atoms with van der Waals surface area (Å²) in [6.45, 7) is 2.74. The standard InChI is InChI=1S/C17H21NO/c1-14-16(18)11-7-12-17(14)19-13-6-5-10-15-8-3-2-4-9-15/h2-4,7-9,11-12H,5-6,10,13,18H2,1H3. The van der Waals surface area contributed by atoms with Crippen LogP contribution in [-0.2, 0) is 6.42 Å². The summed E-state index contributed by atoms with van der Waals surface area (Å²) in [7, 11) is 0. The lowest BCUT2D eigenvalue weighted by Gasteiger charge is -2.10. The number of rotatable bonds is 6. The van der Waals surface area contributed by atoms with Gasteiger partial charge in [0.15, 0.2) is 0 Å². The third-order valence-corrected chi connectivity index (χ3v) is 3.29. The van der Waals surface area contributed by atoms with Gasteiger partial charge in [-0.25, -0.2) is 0 Å². The van der Waals surface area contributed by atoms with Gasteiger partial charge in [0.05, 0.1) is 6.61 Å². The molecular weight excluding hydrogens is 234 g/mol. The first-order valence-electron chi connectivity index (χ1n) is 6.79. The van der Waals surface area contributed by atoms with Gasteiger partial charge in [-0.1, -0.05) is 36.4 Å². The van der Waals surface area contributed by atoms with Gasteiger partial charge in [-0.2, -0.15) is 0 Å². The molecule has 0 aliphatic heterocycles. The molecule has 0 aliphatic carbocycles. The average Bonchev–Trinajstić information content (AvgIpc) is 2.44. The summed E-state index contributed by atoms with van der Waals surface area (Å²) in [5.41, 5.74) is 9.06. The molecule has 0 bridgehead atoms. The van der Waals surface area contributed by atoms with E-state index in [1.54, 1.807) is 0 Å². The second-order valence-electron chi connectivity index (χ2n) is 4.76. The average molecular weight is 255 g/mol. The predicted molar refractivity (Wildman–Crippen MR) is 80.5 cm³/mol. The second kappa shape index (κ2) is 6.83. The van der Waals surface area contributed by atoms with Gasteiger partial charge in [-0.15, -0.1) is 0 Å². The van der Waals surface area contributed by atoms with Crippen LogP contribution in [-0.4, -0.2) is 6.61 Å². The number of hydrogen-bond donors (Lipinski definition) is 1. The van der Waals surface area contributed by atoms with Gasteiger partial charge in [-0.05, 0) is 43.9 Å². The number of ether oxygens (including phenoxy) is 1. The molecule has 2 N–H and O–H groups in total. The lowest BCUT2D eigenvalue weighted by Crippen LogP contribution is -2.01. The summed E-state index contributed by atoms with van der Waals surface area (Å²) >= 11 is 0. The Morgan fingerprint density at radius 2 is 1.74 bits per heavy atom. The van der Waals surface area contributed by atoms with E-state index in [2.05, 4.69) is 30.3 Å². The number of aryl methyl sites for hydroxylation is 1. The molecule has 0 amide bonds. The minimum atomic E-state index is 0.747. The van der Waals surface area contributed by atoms with Crippen molar-refractivity contribution in [1.82, 2.24) is 0 Å². The van der Waals surface area contributed by atoms with Crippen LogP contribution in [0, 0.1) is 6.92 Å². The molecule has 0 unspecified atom stereocenters. The Hall–Kier alpha value is -1.96. The van der Waals surface area contributed by atoms with Gasteiger partial charge < -0.3 is 10.5 Å². The van der Waals surface area contributed by atoms with E-state index < -0.39 is 0 Å². The van der Waals surface area contributed by atoms with Gasteiger partial charge in [0.1, 0.15) is 5.75 Å². The maximum absolute atomic E-state index is 5.85. The normalized spacial score (nSPS) is 10.4. The Kier molecular flexibility index (Phi) is 4.85. The van der Waals surface area contributed by atoms with E-state index in [1.165, 1.54) is 5.56 Å². The lowest BCUT2D eigenvalue weighted by atomic mass is 10.1. The third-order valence-electron chi connectivity index (χ3n) is 3.29. The molecule has 0 atom stereocenters. The Labute approximate surface area is 115 Å². The first-order valence-corrected chi connectivity index (χ1v) is 6.79. The molecule has 100 valence electrons. The zero-order valence-corrected chi connectivity index (χ0v) is 11.4. The Balaban J connectivity index is 1.71. The molecule has 0 aliphatic rings. The smallest absolute Gasteiger partial charge is 0.124 e. The highest BCUT2D eigenvalue weighted by atomic mass is 16.5. The molecule has 0 aromatic heterocycles. The molecular formula is C17H21NO. The number of unbranched alkanes of at least 4 members (excludes halogenated alkanes) is 1. The van der Waals surface area contributed by atoms with Crippen LogP contribution in [0.3, 0.4) is 0 Å². The molecule has 0 radical (unpaired) electrons. The summed E-state index contributed by atoms with van der Waals surface area (Å²) in [6.07, 6.45) is 3.31. The van der Waals surface area contributed by atoms with Gasteiger partial charge in [-0.3, -0.25) is 0 Å². The van der Waals surface area contributed by atoms with E-state index in [1.807, 2.05) is 25.1 Å². The molecule has 2 aromatic carbocycles. The molecule has 2 heteroatoms. The van der Waals surface area contributed by atoms with Gasteiger partial charge in [0.25, 0.3) is 0 Å². The van der Waals surface area contributed by atoms with Crippen molar-refractivity contribution >= 4 is 5.69 Å². The summed E-state index contributed by atoms with van der Waals surface area (Å²) in [5, 5.41) is 0. The molecule has 2 nitrogen and oxygen atoms in total. The summed E-state index contributed by atoms with van der Waals surface area (Å²) in [4.78, 5) is 0. The predicted octanol–water partition coefficient (Wildman–Crippen LogP) is 3.98. The van der Waals surface area contributed by atoms with Gasteiger partial charge in [0, 0.05) is 11.3 Å². The molecule has 2 rings (SSSR count). The van der Waals surface area contributed by atoms with Crippen molar-refractivity contribution in [2.24, 2.45) is 0 Å². The largest absolute Gasteiger partial charge is 0.493 e. The van der Waals surface area contributed by atoms with Crippen LogP contribution in [0.15, 0.2) is 48.5 Å². The fraction of sp³-hybridized carbons (Fsp3) is 0.294. The highest BCUT2D eigenvalue weighted by Gasteiger charge is 2.01. The summed E-state index contributed by atoms with van der Waals surface area (Å²) in [5.74, 6) is 0.903. The van der Waals surface area contributed by atoms with Crippen LogP contribution in [0.2, 0.25) is 0 Å². The lowest BCUT2D eigenvalue weighted by molar-refractivity contribution is 0.305. The highest BCUT2D eigenvalue weighted by Crippen LogP contribution is 2.23. The van der Waals surface area contributed by atoms with Crippen LogP contribution >= 0.6 is 0 Å². The van der Waals surface area contributed by atoms with Crippen LogP contribution in [0.25, 0.3) is 0 Å². The van der Waals surface area contributed by atoms with E-state index in [0.29, 0.717) is 0 Å². The Morgan fingerprint density at radius 1 is 0.947 bits per heavy atom. The molecule has 2 aromatic rings. The third kappa shape index (κ3) is 4.02. The minimum absolute atomic E-state index is 0.747. The van der Waals surface area contributed by atoms with Crippen LogP contribution in [0.1, 0.15) is 24.0 Å². The van der Waals surface area contributed by atoms with Crippen molar-refractivity contribution in [3.63, 3.8) is 0 Å². The molecule has 0 fully saturated rings. The number of nitrogens with two attached hydrogens (primary N) is 1. The van der Waals surface area contributed by atoms with Crippen molar-refractivity contribution in [3.8, 4) is 5.75 Å². The maximum Gasteiger partial charge on any atom is 0.124 e. The first kappa shape index (κ1) is 13.5. The molecule has 0 heterocycles. The van der Waals surface area contributed by atoms with Gasteiger partial charge in [0.2, 0.25) is 0 Å². The van der Waals surface area contributed by atoms with Crippen LogP contribution in [0.5, 0.6) is 5.75 Å². The topological polar surface area (TPSA) is 35.2 Å².